The summed E-state index contributed by atoms with van der Waals surface area (Å²) in [6.07, 6.45) is 3.00. The summed E-state index contributed by atoms with van der Waals surface area (Å²) in [5.74, 6) is 0.599. The molecule has 1 aromatic heterocycles. The van der Waals surface area contributed by atoms with E-state index in [4.69, 9.17) is 0 Å². The zero-order valence-corrected chi connectivity index (χ0v) is 18.0. The van der Waals surface area contributed by atoms with Crippen LogP contribution in [-0.4, -0.2) is 44.6 Å². The van der Waals surface area contributed by atoms with Crippen LogP contribution in [0.25, 0.3) is 0 Å². The van der Waals surface area contributed by atoms with Crippen LogP contribution in [-0.2, 0) is 10.0 Å². The third-order valence-electron chi connectivity index (χ3n) is 4.70. The van der Waals surface area contributed by atoms with Crippen LogP contribution >= 0.6 is 15.9 Å². The van der Waals surface area contributed by atoms with Gasteiger partial charge in [-0.15, -0.1) is 0 Å². The van der Waals surface area contributed by atoms with Gasteiger partial charge in [0.1, 0.15) is 4.90 Å². The first-order valence-corrected chi connectivity index (χ1v) is 11.4. The lowest BCUT2D eigenvalue weighted by molar-refractivity contribution is 0.600. The molecule has 9 heteroatoms. The van der Waals surface area contributed by atoms with Gasteiger partial charge in [-0.1, -0.05) is 30.3 Å². The monoisotopic (exact) mass is 473 g/mol. The second-order valence-corrected chi connectivity index (χ2v) is 9.12. The number of nitrogens with one attached hydrogen (secondary N) is 1. The van der Waals surface area contributed by atoms with Crippen LogP contribution in [0.3, 0.4) is 0 Å². The van der Waals surface area contributed by atoms with Crippen molar-refractivity contribution in [1.29, 1.82) is 0 Å². The minimum atomic E-state index is -3.72. The molecule has 4 rings (SSSR count). The van der Waals surface area contributed by atoms with Crippen molar-refractivity contribution in [1.82, 2.24) is 9.97 Å². The normalized spacial score (nSPS) is 14.7. The van der Waals surface area contributed by atoms with Gasteiger partial charge in [-0.25, -0.2) is 18.4 Å². The van der Waals surface area contributed by atoms with Crippen LogP contribution < -0.4 is 14.5 Å². The Hall–Kier alpha value is -2.65. The smallest absolute Gasteiger partial charge is 0.263 e. The average molecular weight is 474 g/mol. The van der Waals surface area contributed by atoms with E-state index in [1.165, 1.54) is 24.1 Å². The molecule has 0 unspecified atom stereocenters. The minimum Gasteiger partial charge on any atom is -0.368 e. The first-order valence-electron chi connectivity index (χ1n) is 9.17. The molecule has 0 amide bonds. The number of rotatable bonds is 5. The fraction of sp³-hybridized carbons (Fsp3) is 0.200. The summed E-state index contributed by atoms with van der Waals surface area (Å²) < 4.78 is 28.2. The number of piperazine rings is 1. The Morgan fingerprint density at radius 3 is 2.07 bits per heavy atom. The van der Waals surface area contributed by atoms with Gasteiger partial charge in [-0.05, 0) is 40.2 Å². The predicted molar refractivity (Wildman–Crippen MR) is 118 cm³/mol. The SMILES string of the molecule is O=S(=O)(Nc1cnc(N2CCN(c3ccccc3)CC2)nc1)c1ccccc1Br. The molecule has 3 aromatic rings. The van der Waals surface area contributed by atoms with Crippen molar-refractivity contribution in [2.45, 2.75) is 4.90 Å². The molecule has 7 nitrogen and oxygen atoms in total. The molecular formula is C20H20BrN5O2S. The van der Waals surface area contributed by atoms with Gasteiger partial charge >= 0.3 is 0 Å². The Morgan fingerprint density at radius 1 is 0.828 bits per heavy atom. The Morgan fingerprint density at radius 2 is 1.41 bits per heavy atom. The molecule has 2 aromatic carbocycles. The van der Waals surface area contributed by atoms with Crippen LogP contribution in [0.1, 0.15) is 0 Å². The van der Waals surface area contributed by atoms with Crippen LogP contribution in [0.2, 0.25) is 0 Å². The summed E-state index contributed by atoms with van der Waals surface area (Å²) in [6.45, 7) is 3.36. The molecular weight excluding hydrogens is 454 g/mol. The number of benzene rings is 2. The second kappa shape index (κ2) is 8.38. The highest BCUT2D eigenvalue weighted by atomic mass is 79.9. The van der Waals surface area contributed by atoms with Gasteiger partial charge in [0, 0.05) is 36.3 Å². The average Bonchev–Trinajstić information content (AvgIpc) is 2.75. The largest absolute Gasteiger partial charge is 0.368 e. The summed E-state index contributed by atoms with van der Waals surface area (Å²) >= 11 is 3.27. The molecule has 0 atom stereocenters. The van der Waals surface area contributed by atoms with Crippen molar-refractivity contribution in [2.24, 2.45) is 0 Å². The molecule has 0 aliphatic carbocycles. The van der Waals surface area contributed by atoms with E-state index in [0.717, 1.165) is 26.2 Å². The minimum absolute atomic E-state index is 0.168. The molecule has 1 N–H and O–H groups in total. The van der Waals surface area contributed by atoms with E-state index in [0.29, 0.717) is 16.1 Å². The maximum absolute atomic E-state index is 12.6. The summed E-state index contributed by atoms with van der Waals surface area (Å²) in [5.41, 5.74) is 1.54. The lowest BCUT2D eigenvalue weighted by Gasteiger charge is -2.36. The van der Waals surface area contributed by atoms with Crippen LogP contribution in [0, 0.1) is 0 Å². The maximum Gasteiger partial charge on any atom is 0.263 e. The topological polar surface area (TPSA) is 78.4 Å². The van der Waals surface area contributed by atoms with Gasteiger partial charge in [0.2, 0.25) is 5.95 Å². The fourth-order valence-corrected chi connectivity index (χ4v) is 5.25. The molecule has 1 aliphatic heterocycles. The van der Waals surface area contributed by atoms with Gasteiger partial charge in [0.15, 0.2) is 0 Å². The number of sulfonamides is 1. The van der Waals surface area contributed by atoms with Crippen LogP contribution in [0.15, 0.2) is 76.4 Å². The molecule has 29 heavy (non-hydrogen) atoms. The molecule has 2 heterocycles. The zero-order valence-electron chi connectivity index (χ0n) is 15.6. The number of halogens is 1. The van der Waals surface area contributed by atoms with Gasteiger partial charge in [-0.2, -0.15) is 0 Å². The number of hydrogen-bond acceptors (Lipinski definition) is 6. The van der Waals surface area contributed by atoms with Crippen LogP contribution in [0.4, 0.5) is 17.3 Å². The third-order valence-corrected chi connectivity index (χ3v) is 7.09. The second-order valence-electron chi connectivity index (χ2n) is 6.62. The summed E-state index contributed by atoms with van der Waals surface area (Å²) in [7, 11) is -3.72. The Labute approximate surface area is 178 Å². The van der Waals surface area contributed by atoms with Crippen molar-refractivity contribution < 1.29 is 8.42 Å². The summed E-state index contributed by atoms with van der Waals surface area (Å²) in [4.78, 5) is 13.3. The molecule has 0 saturated carbocycles. The highest BCUT2D eigenvalue weighted by Crippen LogP contribution is 2.24. The highest BCUT2D eigenvalue weighted by Gasteiger charge is 2.20. The van der Waals surface area contributed by atoms with E-state index in [1.54, 1.807) is 18.2 Å². The van der Waals surface area contributed by atoms with Gasteiger partial charge in [-0.3, -0.25) is 4.72 Å². The zero-order chi connectivity index (χ0) is 20.3. The van der Waals surface area contributed by atoms with Crippen molar-refractivity contribution in [3.8, 4) is 0 Å². The molecule has 1 aliphatic rings. The number of nitrogens with zero attached hydrogens (tertiary/aromatic N) is 4. The van der Waals surface area contributed by atoms with Gasteiger partial charge < -0.3 is 9.80 Å². The van der Waals surface area contributed by atoms with Gasteiger partial charge in [0.05, 0.1) is 18.1 Å². The van der Waals surface area contributed by atoms with Crippen molar-refractivity contribution in [3.05, 3.63) is 71.5 Å². The molecule has 150 valence electrons. The van der Waals surface area contributed by atoms with Crippen LogP contribution in [0.5, 0.6) is 0 Å². The Balaban J connectivity index is 1.40. The Bertz CT molecular complexity index is 1070. The quantitative estimate of drug-likeness (QED) is 0.611. The number of hydrogen-bond donors (Lipinski definition) is 1. The Kier molecular flexibility index (Phi) is 5.68. The fourth-order valence-electron chi connectivity index (χ4n) is 3.21. The van der Waals surface area contributed by atoms with E-state index >= 15 is 0 Å². The molecule has 1 saturated heterocycles. The van der Waals surface area contributed by atoms with Crippen molar-refractivity contribution in [2.75, 3.05) is 40.7 Å². The van der Waals surface area contributed by atoms with Crippen molar-refractivity contribution >= 4 is 43.3 Å². The van der Waals surface area contributed by atoms with Gasteiger partial charge in [0.25, 0.3) is 10.0 Å². The van der Waals surface area contributed by atoms with E-state index in [2.05, 4.69) is 52.6 Å². The maximum atomic E-state index is 12.6. The first-order chi connectivity index (χ1) is 14.0. The van der Waals surface area contributed by atoms with E-state index in [1.807, 2.05) is 18.2 Å². The predicted octanol–water partition coefficient (Wildman–Crippen LogP) is 3.37. The van der Waals surface area contributed by atoms with E-state index in [-0.39, 0.29) is 4.90 Å². The first kappa shape index (κ1) is 19.7. The lowest BCUT2D eigenvalue weighted by atomic mass is 10.2. The number of anilines is 3. The lowest BCUT2D eigenvalue weighted by Crippen LogP contribution is -2.47. The molecule has 1 fully saturated rings. The highest BCUT2D eigenvalue weighted by molar-refractivity contribution is 9.10. The number of aromatic nitrogens is 2. The summed E-state index contributed by atoms with van der Waals surface area (Å²) in [6, 6.07) is 17.0. The molecule has 0 radical (unpaired) electrons. The molecule has 0 bridgehead atoms. The van der Waals surface area contributed by atoms with E-state index in [9.17, 15) is 8.42 Å². The van der Waals surface area contributed by atoms with E-state index < -0.39 is 10.0 Å². The standard InChI is InChI=1S/C20H20BrN5O2S/c21-18-8-4-5-9-19(18)29(27,28)24-16-14-22-20(23-15-16)26-12-10-25(11-13-26)17-6-2-1-3-7-17/h1-9,14-15,24H,10-13H2. The summed E-state index contributed by atoms with van der Waals surface area (Å²) in [5, 5.41) is 0. The number of para-hydroxylation sites is 1. The van der Waals surface area contributed by atoms with Crippen molar-refractivity contribution in [3.63, 3.8) is 0 Å². The third kappa shape index (κ3) is 4.51. The molecule has 0 spiro atoms.